The van der Waals surface area contributed by atoms with Gasteiger partial charge in [0.1, 0.15) is 85.5 Å². The summed E-state index contributed by atoms with van der Waals surface area (Å²) < 4.78 is 53.5. The number of ketones is 4. The van der Waals surface area contributed by atoms with Crippen molar-refractivity contribution in [1.29, 1.82) is 0 Å². The minimum atomic E-state index is -2.03. The minimum Gasteiger partial charge on any atom is -0.544 e. The SMILES string of the molecule is BrBr.C=C(O[Si](C)(C)C)c1c(OC)ccc(Br)c1O[Si](C)(C)C(C)(C)C.COc1ccc(Br)c(O)c1C(=O)CBr.COc1ccc(Br)c(O)c1C(C)=O.COc1ccc(Br)c(O[Si](C)(C)C(C)(C)C)c1C(C)=O.COc1ccc(Br)c2c1C(=O)CO2. The molecule has 86 heavy (non-hydrogen) atoms. The summed E-state index contributed by atoms with van der Waals surface area (Å²) in [4.78, 5) is 45.9. The summed E-state index contributed by atoms with van der Waals surface area (Å²) in [6.07, 6.45) is 0. The maximum Gasteiger partial charge on any atom is 0.250 e. The first kappa shape index (κ1) is 80.8. The molecule has 1 heterocycles. The number of benzene rings is 5. The van der Waals surface area contributed by atoms with Crippen LogP contribution in [0.4, 0.5) is 0 Å². The molecule has 5 aromatic carbocycles. The van der Waals surface area contributed by atoms with E-state index in [1.165, 1.54) is 35.2 Å². The third-order valence-corrected chi connectivity index (χ3v) is 26.4. The van der Waals surface area contributed by atoms with Gasteiger partial charge in [-0.15, -0.1) is 0 Å². The number of alkyl halides is 1. The third-order valence-electron chi connectivity index (χ3n) is 13.3. The summed E-state index contributed by atoms with van der Waals surface area (Å²) in [5, 5.41) is 19.5. The number of rotatable bonds is 16. The zero-order chi connectivity index (χ0) is 66.8. The summed E-state index contributed by atoms with van der Waals surface area (Å²) in [6.45, 7) is 35.5. The number of carbonyl (C=O) groups is 4. The van der Waals surface area contributed by atoms with Crippen molar-refractivity contribution in [2.75, 3.05) is 47.5 Å². The van der Waals surface area contributed by atoms with Crippen LogP contribution in [0, 0.1) is 0 Å². The van der Waals surface area contributed by atoms with E-state index in [0.29, 0.717) is 60.3 Å². The summed E-state index contributed by atoms with van der Waals surface area (Å²) >= 11 is 25.2. The molecule has 476 valence electrons. The molecule has 0 radical (unpaired) electrons. The second-order valence-corrected chi connectivity index (χ2v) is 41.3. The lowest BCUT2D eigenvalue weighted by molar-refractivity contribution is 0.0956. The molecule has 26 heteroatoms. The molecule has 15 nitrogen and oxygen atoms in total. The van der Waals surface area contributed by atoms with Gasteiger partial charge in [0.05, 0.1) is 68.8 Å². The molecule has 0 amide bonds. The van der Waals surface area contributed by atoms with E-state index in [4.69, 9.17) is 41.7 Å². The molecule has 0 fully saturated rings. The van der Waals surface area contributed by atoms with Gasteiger partial charge in [0, 0.05) is 28.3 Å². The van der Waals surface area contributed by atoms with Crippen LogP contribution in [-0.2, 0) is 4.43 Å². The molecule has 0 unspecified atom stereocenters. The number of fused-ring (bicyclic) bond motifs is 1. The molecule has 1 aliphatic heterocycles. The summed E-state index contributed by atoms with van der Waals surface area (Å²) in [5.41, 5.74) is 2.25. The van der Waals surface area contributed by atoms with Crippen molar-refractivity contribution in [3.63, 3.8) is 0 Å². The van der Waals surface area contributed by atoms with E-state index in [0.717, 1.165) is 30.5 Å². The van der Waals surface area contributed by atoms with Crippen LogP contribution in [0.5, 0.6) is 57.5 Å². The molecular weight excluding hydrogens is 1680 g/mol. The maximum absolute atomic E-state index is 12.0. The number of phenols is 2. The average molecular weight is 1760 g/mol. The molecule has 0 bridgehead atoms. The standard InChI is InChI=1S/C18H31BrO3Si2.C15H23BrO3Si.C9H8Br2O3.C9H7BrO3.C9H9BrO3.Br2/c1-13(21-23(6,7)8)16-15(20-5)12-11-14(19)17(16)22-24(9,10)18(2,3)4;1-10(17)13-12(18-5)9-8-11(16)14(13)19-20(6,7)15(2,3)4;1-14-7-3-2-5(11)9(13)8(7)6(12)4-10;1-12-7-3-2-5(10)9-8(7)6(11)4-13-9;1-5(11)8-7(13-2)4-3-6(10)9(8)12;1-2/h11-12H,1H2,2-10H3;8-9H,1-7H3;2-3,13H,4H2,1H3;2-3H,4H2,1H3;3-4,12H,1-2H3;. The highest BCUT2D eigenvalue weighted by Crippen LogP contribution is 2.47. The predicted molar refractivity (Wildman–Crippen MR) is 382 cm³/mol. The van der Waals surface area contributed by atoms with E-state index >= 15 is 0 Å². The van der Waals surface area contributed by atoms with Crippen molar-refractivity contribution in [1.82, 2.24) is 0 Å². The van der Waals surface area contributed by atoms with Crippen molar-refractivity contribution in [3.05, 3.63) is 117 Å². The van der Waals surface area contributed by atoms with Gasteiger partial charge in [-0.1, -0.05) is 64.1 Å². The van der Waals surface area contributed by atoms with E-state index < -0.39 is 25.0 Å². The summed E-state index contributed by atoms with van der Waals surface area (Å²) in [6, 6.07) is 17.5. The van der Waals surface area contributed by atoms with Gasteiger partial charge in [-0.05, 0) is 210 Å². The first-order chi connectivity index (χ1) is 39.6. The number of ether oxygens (including phenoxy) is 6. The highest BCUT2D eigenvalue weighted by atomic mass is 80.9. The fourth-order valence-corrected chi connectivity index (χ4v) is 12.3. The lowest BCUT2D eigenvalue weighted by Gasteiger charge is -2.37. The minimum absolute atomic E-state index is 0.0341. The van der Waals surface area contributed by atoms with Gasteiger partial charge < -0.3 is 51.9 Å². The highest BCUT2D eigenvalue weighted by molar-refractivity contribution is 9.93. The fourth-order valence-electron chi connectivity index (χ4n) is 6.89. The van der Waals surface area contributed by atoms with Crippen molar-refractivity contribution in [2.45, 2.75) is 111 Å². The molecular formula is C60H78Br8O15Si3. The predicted octanol–water partition coefficient (Wildman–Crippen LogP) is 20.5. The molecule has 5 aromatic rings. The number of hydrogen-bond acceptors (Lipinski definition) is 15. The number of aromatic hydroxyl groups is 2. The number of halogens is 8. The average Bonchev–Trinajstić information content (AvgIpc) is 1.51. The molecule has 0 saturated carbocycles. The zero-order valence-electron chi connectivity index (χ0n) is 52.1. The Morgan fingerprint density at radius 1 is 0.535 bits per heavy atom. The Morgan fingerprint density at radius 3 is 1.22 bits per heavy atom. The van der Waals surface area contributed by atoms with Crippen LogP contribution in [0.2, 0.25) is 55.9 Å². The van der Waals surface area contributed by atoms with Crippen molar-refractivity contribution < 1.29 is 71.1 Å². The van der Waals surface area contributed by atoms with Crippen LogP contribution >= 0.6 is 124 Å². The Bertz CT molecular complexity index is 3180. The highest BCUT2D eigenvalue weighted by Gasteiger charge is 2.42. The Labute approximate surface area is 576 Å². The van der Waals surface area contributed by atoms with E-state index in [9.17, 15) is 29.4 Å². The molecule has 0 saturated heterocycles. The second kappa shape index (κ2) is 35.4. The van der Waals surface area contributed by atoms with E-state index in [1.54, 1.807) is 56.7 Å². The van der Waals surface area contributed by atoms with Crippen LogP contribution in [0.25, 0.3) is 5.76 Å². The van der Waals surface area contributed by atoms with Gasteiger partial charge in [-0.3, -0.25) is 19.2 Å². The normalized spacial score (nSPS) is 11.7. The maximum atomic E-state index is 12.0. The van der Waals surface area contributed by atoms with Crippen LogP contribution < -0.4 is 37.3 Å². The van der Waals surface area contributed by atoms with E-state index in [2.05, 4.69) is 218 Å². The Morgan fingerprint density at radius 2 is 0.860 bits per heavy atom. The van der Waals surface area contributed by atoms with E-state index in [-0.39, 0.29) is 67.8 Å². The number of hydrogen-bond donors (Lipinski definition) is 2. The molecule has 0 spiro atoms. The van der Waals surface area contributed by atoms with Crippen LogP contribution in [-0.4, -0.2) is 106 Å². The third kappa shape index (κ3) is 22.3. The monoisotopic (exact) mass is 1750 g/mol. The smallest absolute Gasteiger partial charge is 0.250 e. The first-order valence-electron chi connectivity index (χ1n) is 26.0. The first-order valence-corrected chi connectivity index (χ1v) is 44.0. The lowest BCUT2D eigenvalue weighted by Crippen LogP contribution is -2.44. The summed E-state index contributed by atoms with van der Waals surface area (Å²) in [7, 11) is 1.82. The topological polar surface area (TPSA) is 192 Å². The number of phenolic OH excluding ortho intramolecular Hbond substituents is 2. The van der Waals surface area contributed by atoms with E-state index in [1.807, 2.05) is 18.2 Å². The second-order valence-electron chi connectivity index (χ2n) is 22.6. The summed E-state index contributed by atoms with van der Waals surface area (Å²) in [5.74, 6) is 4.45. The lowest BCUT2D eigenvalue weighted by atomic mass is 10.1. The van der Waals surface area contributed by atoms with Crippen molar-refractivity contribution in [2.24, 2.45) is 0 Å². The van der Waals surface area contributed by atoms with Gasteiger partial charge in [0.2, 0.25) is 14.1 Å². The van der Waals surface area contributed by atoms with Crippen molar-refractivity contribution >= 4 is 178 Å². The quantitative estimate of drug-likeness (QED) is 0.0410. The fraction of sp³-hybridized carbons (Fsp3) is 0.400. The largest absolute Gasteiger partial charge is 0.544 e. The number of Topliss-reactive ketones (excluding diaryl/α,β-unsaturated/α-hetero) is 4. The zero-order valence-corrected chi connectivity index (χ0v) is 67.8. The number of carbonyl (C=O) groups excluding carboxylic acids is 4. The van der Waals surface area contributed by atoms with Crippen LogP contribution in [0.15, 0.2) is 89.6 Å². The Kier molecular flexibility index (Phi) is 33.3. The van der Waals surface area contributed by atoms with Gasteiger partial charge in [0.15, 0.2) is 24.0 Å². The van der Waals surface area contributed by atoms with Gasteiger partial charge in [-0.2, -0.15) is 0 Å². The van der Waals surface area contributed by atoms with Crippen molar-refractivity contribution in [3.8, 4) is 57.5 Å². The molecule has 0 atom stereocenters. The van der Waals surface area contributed by atoms with Crippen LogP contribution in [0.1, 0.15) is 102 Å². The van der Waals surface area contributed by atoms with Gasteiger partial charge in [0.25, 0.3) is 16.6 Å². The molecule has 2 N–H and O–H groups in total. The molecule has 6 rings (SSSR count). The Hall–Kier alpha value is -3.19. The van der Waals surface area contributed by atoms with Crippen LogP contribution in [0.3, 0.4) is 0 Å². The molecule has 0 aliphatic carbocycles. The Balaban J connectivity index is 0.000000545. The number of methoxy groups -OCH3 is 5. The molecule has 0 aromatic heterocycles. The molecule has 1 aliphatic rings. The van der Waals surface area contributed by atoms with Gasteiger partial charge >= 0.3 is 0 Å². The van der Waals surface area contributed by atoms with Gasteiger partial charge in [-0.25, -0.2) is 0 Å².